The van der Waals surface area contributed by atoms with Gasteiger partial charge in [-0.1, -0.05) is 12.1 Å². The topological polar surface area (TPSA) is 71.1 Å². The second kappa shape index (κ2) is 3.41. The minimum absolute atomic E-state index is 0.412. The summed E-state index contributed by atoms with van der Waals surface area (Å²) in [6.45, 7) is 0. The van der Waals surface area contributed by atoms with Crippen LogP contribution < -0.4 is 10.6 Å². The number of nitrogens with zero attached hydrogens (tertiary/aromatic N) is 1. The molecular weight excluding hydrogens is 261 g/mol. The second-order valence-corrected chi connectivity index (χ2v) is 4.75. The maximum absolute atomic E-state index is 13.6. The first-order chi connectivity index (χ1) is 9.63. The van der Waals surface area contributed by atoms with Gasteiger partial charge in [-0.3, -0.25) is 15.1 Å². The molecule has 1 atom stereocenters. The van der Waals surface area contributed by atoms with E-state index in [2.05, 4.69) is 15.6 Å². The van der Waals surface area contributed by atoms with Gasteiger partial charge in [0, 0.05) is 17.3 Å². The average Bonchev–Trinajstić information content (AvgIpc) is 2.88. The number of hydrogen-bond donors (Lipinski definition) is 2. The van der Waals surface area contributed by atoms with Crippen LogP contribution in [0.4, 0.5) is 9.18 Å². The summed E-state index contributed by atoms with van der Waals surface area (Å²) in [7, 11) is 0. The number of amides is 3. The molecule has 1 fully saturated rings. The average molecular weight is 269 g/mol. The number of halogens is 1. The van der Waals surface area contributed by atoms with Crippen molar-refractivity contribution in [3.05, 3.63) is 53.6 Å². The second-order valence-electron chi connectivity index (χ2n) is 4.75. The molecule has 3 amide bonds. The van der Waals surface area contributed by atoms with E-state index in [0.29, 0.717) is 16.8 Å². The van der Waals surface area contributed by atoms with Crippen LogP contribution in [0, 0.1) is 5.82 Å². The molecule has 2 N–H and O–H groups in total. The van der Waals surface area contributed by atoms with Gasteiger partial charge in [0.1, 0.15) is 5.82 Å². The van der Waals surface area contributed by atoms with E-state index in [-0.39, 0.29) is 0 Å². The van der Waals surface area contributed by atoms with E-state index in [1.165, 1.54) is 12.1 Å². The van der Waals surface area contributed by atoms with Gasteiger partial charge in [0.05, 0.1) is 5.69 Å². The van der Waals surface area contributed by atoms with Crippen LogP contribution in [0.1, 0.15) is 11.3 Å². The highest BCUT2D eigenvalue weighted by Crippen LogP contribution is 2.47. The first-order valence-electron chi connectivity index (χ1n) is 6.02. The molecule has 4 rings (SSSR count). The zero-order chi connectivity index (χ0) is 13.9. The van der Waals surface area contributed by atoms with Gasteiger partial charge in [0.2, 0.25) is 0 Å². The van der Waals surface area contributed by atoms with Gasteiger partial charge in [-0.15, -0.1) is 0 Å². The summed E-state index contributed by atoms with van der Waals surface area (Å²) in [4.78, 5) is 28.1. The summed E-state index contributed by atoms with van der Waals surface area (Å²) in [5, 5.41) is 4.79. The quantitative estimate of drug-likeness (QED) is 0.708. The smallest absolute Gasteiger partial charge is 0.314 e. The van der Waals surface area contributed by atoms with E-state index < -0.39 is 23.3 Å². The first kappa shape index (κ1) is 11.1. The highest BCUT2D eigenvalue weighted by atomic mass is 19.1. The molecule has 98 valence electrons. The Morgan fingerprint density at radius 2 is 2.00 bits per heavy atom. The van der Waals surface area contributed by atoms with Crippen LogP contribution in [-0.2, 0) is 10.3 Å². The zero-order valence-electron chi connectivity index (χ0n) is 10.1. The van der Waals surface area contributed by atoms with E-state index in [4.69, 9.17) is 0 Å². The lowest BCUT2D eigenvalue weighted by atomic mass is 9.90. The minimum Gasteiger partial charge on any atom is -0.314 e. The number of hydrogen-bond acceptors (Lipinski definition) is 3. The number of benzene rings is 1. The molecule has 0 bridgehead atoms. The van der Waals surface area contributed by atoms with E-state index in [0.717, 1.165) is 5.56 Å². The molecule has 20 heavy (non-hydrogen) atoms. The van der Waals surface area contributed by atoms with Crippen molar-refractivity contribution in [2.75, 3.05) is 0 Å². The van der Waals surface area contributed by atoms with Gasteiger partial charge < -0.3 is 5.32 Å². The Morgan fingerprint density at radius 1 is 1.15 bits per heavy atom. The molecule has 1 aliphatic carbocycles. The van der Waals surface area contributed by atoms with Crippen molar-refractivity contribution in [2.24, 2.45) is 0 Å². The van der Waals surface area contributed by atoms with Crippen molar-refractivity contribution >= 4 is 11.9 Å². The van der Waals surface area contributed by atoms with Gasteiger partial charge in [0.15, 0.2) is 5.54 Å². The third-order valence-corrected chi connectivity index (χ3v) is 3.71. The molecular formula is C14H8FN3O2. The van der Waals surface area contributed by atoms with Crippen LogP contribution in [0.2, 0.25) is 0 Å². The summed E-state index contributed by atoms with van der Waals surface area (Å²) >= 11 is 0. The number of carbonyl (C=O) groups excluding carboxylic acids is 2. The lowest BCUT2D eigenvalue weighted by Gasteiger charge is -2.21. The van der Waals surface area contributed by atoms with E-state index in [9.17, 15) is 14.0 Å². The Balaban J connectivity index is 2.12. The third-order valence-electron chi connectivity index (χ3n) is 3.71. The molecule has 1 unspecified atom stereocenters. The molecule has 1 spiro atoms. The fraction of sp³-hybridized carbons (Fsp3) is 0.0714. The molecule has 1 aromatic heterocycles. The Labute approximate surface area is 112 Å². The van der Waals surface area contributed by atoms with Crippen LogP contribution in [0.3, 0.4) is 0 Å². The van der Waals surface area contributed by atoms with E-state index in [1.54, 1.807) is 24.4 Å². The number of fused-ring (bicyclic) bond motifs is 5. The predicted octanol–water partition coefficient (Wildman–Crippen LogP) is 1.28. The van der Waals surface area contributed by atoms with Crippen LogP contribution in [0.5, 0.6) is 0 Å². The Kier molecular flexibility index (Phi) is 1.89. The molecule has 2 heterocycles. The summed E-state index contributed by atoms with van der Waals surface area (Å²) in [5.41, 5.74) is 0.829. The molecule has 2 aliphatic rings. The summed E-state index contributed by atoms with van der Waals surface area (Å²) < 4.78 is 13.6. The number of imide groups is 1. The van der Waals surface area contributed by atoms with Crippen LogP contribution in [0.25, 0.3) is 11.1 Å². The fourth-order valence-electron chi connectivity index (χ4n) is 2.92. The zero-order valence-corrected chi connectivity index (χ0v) is 10.1. The van der Waals surface area contributed by atoms with E-state index in [1.807, 2.05) is 0 Å². The Bertz CT molecular complexity index is 790. The molecule has 1 aliphatic heterocycles. The van der Waals surface area contributed by atoms with Crippen molar-refractivity contribution in [3.63, 3.8) is 0 Å². The number of carbonyl (C=O) groups is 2. The first-order valence-corrected chi connectivity index (χ1v) is 6.02. The third kappa shape index (κ3) is 1.13. The lowest BCUT2D eigenvalue weighted by Crippen LogP contribution is -2.43. The van der Waals surface area contributed by atoms with Crippen LogP contribution in [0.15, 0.2) is 36.5 Å². The van der Waals surface area contributed by atoms with Crippen LogP contribution >= 0.6 is 0 Å². The van der Waals surface area contributed by atoms with Gasteiger partial charge in [-0.2, -0.15) is 0 Å². The molecule has 5 nitrogen and oxygen atoms in total. The Hall–Kier alpha value is -2.76. The Morgan fingerprint density at radius 3 is 2.75 bits per heavy atom. The lowest BCUT2D eigenvalue weighted by molar-refractivity contribution is -0.122. The van der Waals surface area contributed by atoms with Crippen molar-refractivity contribution in [3.8, 4) is 11.1 Å². The SMILES string of the molecule is O=C1NC(=O)C2(N1)c1cc(F)ccc1-c1cccnc12. The number of urea groups is 1. The summed E-state index contributed by atoms with van der Waals surface area (Å²) in [6.07, 6.45) is 1.54. The maximum Gasteiger partial charge on any atom is 0.322 e. The molecule has 6 heteroatoms. The monoisotopic (exact) mass is 269 g/mol. The summed E-state index contributed by atoms with van der Waals surface area (Å²) in [6, 6.07) is 7.11. The highest BCUT2D eigenvalue weighted by Gasteiger charge is 2.56. The molecule has 1 aromatic carbocycles. The fourth-order valence-corrected chi connectivity index (χ4v) is 2.92. The van der Waals surface area contributed by atoms with Crippen molar-refractivity contribution in [2.45, 2.75) is 5.54 Å². The minimum atomic E-state index is -1.43. The largest absolute Gasteiger partial charge is 0.322 e. The van der Waals surface area contributed by atoms with Crippen molar-refractivity contribution < 1.29 is 14.0 Å². The number of rotatable bonds is 0. The number of pyridine rings is 1. The van der Waals surface area contributed by atoms with Crippen molar-refractivity contribution in [1.29, 1.82) is 0 Å². The maximum atomic E-state index is 13.6. The van der Waals surface area contributed by atoms with Gasteiger partial charge in [-0.25, -0.2) is 9.18 Å². The molecule has 0 radical (unpaired) electrons. The van der Waals surface area contributed by atoms with E-state index >= 15 is 0 Å². The normalized spacial score (nSPS) is 22.4. The van der Waals surface area contributed by atoms with Crippen LogP contribution in [-0.4, -0.2) is 16.9 Å². The molecule has 2 aromatic rings. The van der Waals surface area contributed by atoms with Gasteiger partial charge in [0.25, 0.3) is 5.91 Å². The van der Waals surface area contributed by atoms with Gasteiger partial charge >= 0.3 is 6.03 Å². The number of aromatic nitrogens is 1. The standard InChI is InChI=1S/C14H8FN3O2/c15-7-3-4-8-9-2-1-5-16-11(9)14(10(8)6-7)12(19)17-13(20)18-14/h1-6H,(H2,17,18,19,20). The van der Waals surface area contributed by atoms with Gasteiger partial charge in [-0.05, 0) is 23.8 Å². The molecule has 0 saturated carbocycles. The summed E-state index contributed by atoms with van der Waals surface area (Å²) in [5.74, 6) is -1.00. The predicted molar refractivity (Wildman–Crippen MR) is 67.1 cm³/mol. The highest BCUT2D eigenvalue weighted by molar-refractivity contribution is 6.12. The van der Waals surface area contributed by atoms with Crippen molar-refractivity contribution in [1.82, 2.24) is 15.6 Å². The number of nitrogens with one attached hydrogen (secondary N) is 2. The molecule has 1 saturated heterocycles.